The minimum atomic E-state index is -0.189. The van der Waals surface area contributed by atoms with Crippen LogP contribution in [-0.2, 0) is 0 Å². The van der Waals surface area contributed by atoms with Gasteiger partial charge in [-0.25, -0.2) is 4.39 Å². The molecule has 1 atom stereocenters. The van der Waals surface area contributed by atoms with Crippen LogP contribution in [0.25, 0.3) is 10.9 Å². The Morgan fingerprint density at radius 1 is 1.12 bits per heavy atom. The highest BCUT2D eigenvalue weighted by atomic mass is 19.1. The molecular weight excluding hydrogens is 315 g/mol. The van der Waals surface area contributed by atoms with Gasteiger partial charge in [-0.15, -0.1) is 0 Å². The Kier molecular flexibility index (Phi) is 4.61. The molecule has 4 nitrogen and oxygen atoms in total. The molecular formula is C20H27FN4. The van der Waals surface area contributed by atoms with Crippen LogP contribution in [0.3, 0.4) is 0 Å². The summed E-state index contributed by atoms with van der Waals surface area (Å²) in [7, 11) is 0. The minimum absolute atomic E-state index is 0.189. The van der Waals surface area contributed by atoms with E-state index in [1.54, 1.807) is 12.1 Å². The molecule has 0 radical (unpaired) electrons. The number of piperazine rings is 1. The number of pyridine rings is 1. The van der Waals surface area contributed by atoms with Gasteiger partial charge in [-0.3, -0.25) is 9.88 Å². The van der Waals surface area contributed by atoms with E-state index in [2.05, 4.69) is 32.7 Å². The zero-order valence-corrected chi connectivity index (χ0v) is 15.2. The molecule has 2 fully saturated rings. The number of halogens is 1. The Bertz CT molecular complexity index is 755. The van der Waals surface area contributed by atoms with E-state index in [1.807, 2.05) is 6.92 Å². The van der Waals surface area contributed by atoms with Crippen LogP contribution in [0.1, 0.15) is 19.0 Å². The number of fused-ring (bicyclic) bond motifs is 1. The van der Waals surface area contributed by atoms with Gasteiger partial charge in [0.25, 0.3) is 0 Å². The summed E-state index contributed by atoms with van der Waals surface area (Å²) in [6, 6.07) is 7.64. The van der Waals surface area contributed by atoms with Crippen LogP contribution in [0, 0.1) is 12.7 Å². The molecule has 1 unspecified atom stereocenters. The molecule has 25 heavy (non-hydrogen) atoms. The summed E-state index contributed by atoms with van der Waals surface area (Å²) in [5.41, 5.74) is 3.02. The van der Waals surface area contributed by atoms with Crippen LogP contribution in [0.2, 0.25) is 0 Å². The summed E-state index contributed by atoms with van der Waals surface area (Å²) in [5.74, 6) is -0.189. The predicted molar refractivity (Wildman–Crippen MR) is 101 cm³/mol. The van der Waals surface area contributed by atoms with Crippen LogP contribution in [0.4, 0.5) is 10.1 Å². The van der Waals surface area contributed by atoms with Gasteiger partial charge in [0.2, 0.25) is 0 Å². The number of rotatable bonds is 3. The molecule has 2 aliphatic heterocycles. The first-order valence-corrected chi connectivity index (χ1v) is 9.42. The molecule has 0 bridgehead atoms. The average molecular weight is 342 g/mol. The van der Waals surface area contributed by atoms with Gasteiger partial charge in [-0.2, -0.15) is 0 Å². The molecule has 2 saturated heterocycles. The SMILES string of the molecule is CCN1CCN(C2CCN(c3cc(C)nc4ccc(F)cc34)C2)CC1. The molecule has 134 valence electrons. The summed E-state index contributed by atoms with van der Waals surface area (Å²) in [4.78, 5) is 12.2. The van der Waals surface area contributed by atoms with Crippen molar-refractivity contribution in [2.45, 2.75) is 26.3 Å². The van der Waals surface area contributed by atoms with Gasteiger partial charge < -0.3 is 9.80 Å². The number of aromatic nitrogens is 1. The quantitative estimate of drug-likeness (QED) is 0.855. The van der Waals surface area contributed by atoms with E-state index in [0.29, 0.717) is 6.04 Å². The summed E-state index contributed by atoms with van der Waals surface area (Å²) in [5, 5.41) is 0.932. The standard InChI is InChI=1S/C20H27FN4/c1-3-23-8-10-24(11-9-23)17-6-7-25(14-17)20-12-15(2)22-19-5-4-16(21)13-18(19)20/h4-5,12-13,17H,3,6-11,14H2,1-2H3. The lowest BCUT2D eigenvalue weighted by Gasteiger charge is -2.37. The van der Waals surface area contributed by atoms with E-state index in [1.165, 1.54) is 25.6 Å². The zero-order valence-electron chi connectivity index (χ0n) is 15.2. The third kappa shape index (κ3) is 3.35. The number of hydrogen-bond acceptors (Lipinski definition) is 4. The second-order valence-corrected chi connectivity index (χ2v) is 7.30. The monoisotopic (exact) mass is 342 g/mol. The first-order chi connectivity index (χ1) is 12.1. The summed E-state index contributed by atoms with van der Waals surface area (Å²) >= 11 is 0. The Balaban J connectivity index is 1.54. The van der Waals surface area contributed by atoms with Crippen molar-refractivity contribution in [3.05, 3.63) is 35.8 Å². The van der Waals surface area contributed by atoms with Crippen LogP contribution in [0.5, 0.6) is 0 Å². The number of aryl methyl sites for hydroxylation is 1. The summed E-state index contributed by atoms with van der Waals surface area (Å²) in [6.45, 7) is 12.2. The maximum atomic E-state index is 13.8. The van der Waals surface area contributed by atoms with Gasteiger partial charge in [0.1, 0.15) is 5.82 Å². The lowest BCUT2D eigenvalue weighted by molar-refractivity contribution is 0.107. The maximum Gasteiger partial charge on any atom is 0.124 e. The van der Waals surface area contributed by atoms with E-state index < -0.39 is 0 Å². The molecule has 2 aliphatic rings. The van der Waals surface area contributed by atoms with E-state index in [-0.39, 0.29) is 5.82 Å². The molecule has 1 aromatic carbocycles. The largest absolute Gasteiger partial charge is 0.369 e. The second-order valence-electron chi connectivity index (χ2n) is 7.30. The molecule has 0 amide bonds. The van der Waals surface area contributed by atoms with Crippen molar-refractivity contribution in [2.75, 3.05) is 50.7 Å². The van der Waals surface area contributed by atoms with E-state index in [9.17, 15) is 4.39 Å². The normalized spacial score (nSPS) is 22.8. The minimum Gasteiger partial charge on any atom is -0.369 e. The van der Waals surface area contributed by atoms with Gasteiger partial charge in [-0.05, 0) is 44.2 Å². The van der Waals surface area contributed by atoms with E-state index >= 15 is 0 Å². The molecule has 0 spiro atoms. The first kappa shape index (κ1) is 16.7. The summed E-state index contributed by atoms with van der Waals surface area (Å²) < 4.78 is 13.8. The van der Waals surface area contributed by atoms with Crippen molar-refractivity contribution in [2.24, 2.45) is 0 Å². The Morgan fingerprint density at radius 2 is 1.92 bits per heavy atom. The third-order valence-electron chi connectivity index (χ3n) is 5.75. The number of likely N-dealkylation sites (N-methyl/N-ethyl adjacent to an activating group) is 1. The fourth-order valence-electron chi connectivity index (χ4n) is 4.27. The highest BCUT2D eigenvalue weighted by molar-refractivity contribution is 5.92. The van der Waals surface area contributed by atoms with Crippen molar-refractivity contribution >= 4 is 16.6 Å². The number of anilines is 1. The smallest absolute Gasteiger partial charge is 0.124 e. The van der Waals surface area contributed by atoms with Gasteiger partial charge in [-0.1, -0.05) is 6.92 Å². The molecule has 4 rings (SSSR count). The van der Waals surface area contributed by atoms with Crippen LogP contribution in [0.15, 0.2) is 24.3 Å². The fourth-order valence-corrected chi connectivity index (χ4v) is 4.27. The van der Waals surface area contributed by atoms with Crippen LogP contribution < -0.4 is 4.90 Å². The van der Waals surface area contributed by atoms with Gasteiger partial charge in [0.15, 0.2) is 0 Å². The Morgan fingerprint density at radius 3 is 2.68 bits per heavy atom. The molecule has 0 N–H and O–H groups in total. The molecule has 0 aliphatic carbocycles. The molecule has 1 aromatic heterocycles. The van der Waals surface area contributed by atoms with Crippen molar-refractivity contribution in [1.82, 2.24) is 14.8 Å². The van der Waals surface area contributed by atoms with Crippen molar-refractivity contribution in [1.29, 1.82) is 0 Å². The highest BCUT2D eigenvalue weighted by Crippen LogP contribution is 2.31. The lowest BCUT2D eigenvalue weighted by atomic mass is 10.1. The van der Waals surface area contributed by atoms with E-state index in [4.69, 9.17) is 0 Å². The topological polar surface area (TPSA) is 22.6 Å². The molecule has 2 aromatic rings. The first-order valence-electron chi connectivity index (χ1n) is 9.42. The molecule has 3 heterocycles. The zero-order chi connectivity index (χ0) is 17.4. The predicted octanol–water partition coefficient (Wildman–Crippen LogP) is 2.90. The third-order valence-corrected chi connectivity index (χ3v) is 5.75. The van der Waals surface area contributed by atoms with Crippen LogP contribution in [-0.4, -0.2) is 66.6 Å². The number of hydrogen-bond donors (Lipinski definition) is 0. The van der Waals surface area contributed by atoms with Crippen molar-refractivity contribution in [3.8, 4) is 0 Å². The van der Waals surface area contributed by atoms with Crippen molar-refractivity contribution in [3.63, 3.8) is 0 Å². The fraction of sp³-hybridized carbons (Fsp3) is 0.550. The van der Waals surface area contributed by atoms with Crippen LogP contribution >= 0.6 is 0 Å². The van der Waals surface area contributed by atoms with E-state index in [0.717, 1.165) is 55.0 Å². The average Bonchev–Trinajstić information content (AvgIpc) is 3.11. The summed E-state index contributed by atoms with van der Waals surface area (Å²) in [6.07, 6.45) is 1.18. The number of benzene rings is 1. The highest BCUT2D eigenvalue weighted by Gasteiger charge is 2.30. The second kappa shape index (κ2) is 6.89. The number of nitrogens with zero attached hydrogens (tertiary/aromatic N) is 4. The van der Waals surface area contributed by atoms with Gasteiger partial charge in [0, 0.05) is 62.1 Å². The lowest BCUT2D eigenvalue weighted by Crippen LogP contribution is -2.50. The Labute approximate surface area is 149 Å². The van der Waals surface area contributed by atoms with Crippen molar-refractivity contribution < 1.29 is 4.39 Å². The van der Waals surface area contributed by atoms with Gasteiger partial charge >= 0.3 is 0 Å². The Hall–Kier alpha value is -1.72. The molecule has 0 saturated carbocycles. The maximum absolute atomic E-state index is 13.8. The van der Waals surface area contributed by atoms with Gasteiger partial charge in [0.05, 0.1) is 5.52 Å². The molecule has 5 heteroatoms.